The van der Waals surface area contributed by atoms with Gasteiger partial charge in [0.25, 0.3) is 5.91 Å². The summed E-state index contributed by atoms with van der Waals surface area (Å²) in [6.07, 6.45) is 2.46. The van der Waals surface area contributed by atoms with Gasteiger partial charge in [0.1, 0.15) is 11.6 Å². The van der Waals surface area contributed by atoms with Crippen LogP contribution in [0.3, 0.4) is 0 Å². The maximum absolute atomic E-state index is 14.0. The Labute approximate surface area is 139 Å². The lowest BCUT2D eigenvalue weighted by Crippen LogP contribution is -2.26. The van der Waals surface area contributed by atoms with Crippen LogP contribution < -0.4 is 15.4 Å². The molecule has 0 unspecified atom stereocenters. The first kappa shape index (κ1) is 17.7. The number of nitrogens with zero attached hydrogens (tertiary/aromatic N) is 2. The number of primary amides is 1. The van der Waals surface area contributed by atoms with E-state index in [9.17, 15) is 17.6 Å². The number of anilines is 3. The summed E-state index contributed by atoms with van der Waals surface area (Å²) >= 11 is 0. The SMILES string of the molecule is Cc1cc(N(C)S(C)(=O)=O)c(Nc2ncccc2C(N)=O)cc1F. The molecule has 2 rings (SSSR count). The minimum absolute atomic E-state index is 0.103. The van der Waals surface area contributed by atoms with Crippen LogP contribution in [-0.2, 0) is 10.0 Å². The van der Waals surface area contributed by atoms with Crippen molar-refractivity contribution in [3.8, 4) is 0 Å². The normalized spacial score (nSPS) is 11.2. The van der Waals surface area contributed by atoms with Crippen molar-refractivity contribution in [2.75, 3.05) is 22.9 Å². The van der Waals surface area contributed by atoms with Crippen LogP contribution in [-0.4, -0.2) is 32.6 Å². The number of hydrogen-bond acceptors (Lipinski definition) is 5. The van der Waals surface area contributed by atoms with Gasteiger partial charge in [0.05, 0.1) is 23.2 Å². The number of hydrogen-bond donors (Lipinski definition) is 2. The Kier molecular flexibility index (Phi) is 4.74. The van der Waals surface area contributed by atoms with E-state index >= 15 is 0 Å². The van der Waals surface area contributed by atoms with E-state index in [-0.39, 0.29) is 28.3 Å². The largest absolute Gasteiger partial charge is 0.365 e. The van der Waals surface area contributed by atoms with E-state index in [1.165, 1.54) is 38.4 Å². The minimum Gasteiger partial charge on any atom is -0.365 e. The zero-order valence-electron chi connectivity index (χ0n) is 13.4. The van der Waals surface area contributed by atoms with Crippen LogP contribution in [0.15, 0.2) is 30.5 Å². The van der Waals surface area contributed by atoms with Crippen LogP contribution in [0.4, 0.5) is 21.6 Å². The smallest absolute Gasteiger partial charge is 0.252 e. The van der Waals surface area contributed by atoms with Crippen molar-refractivity contribution in [3.63, 3.8) is 0 Å². The van der Waals surface area contributed by atoms with Crippen molar-refractivity contribution in [1.82, 2.24) is 4.98 Å². The molecule has 0 bridgehead atoms. The number of rotatable bonds is 5. The lowest BCUT2D eigenvalue weighted by molar-refractivity contribution is 0.100. The Hall–Kier alpha value is -2.68. The van der Waals surface area contributed by atoms with Gasteiger partial charge in [-0.15, -0.1) is 0 Å². The third-order valence-corrected chi connectivity index (χ3v) is 4.63. The fraction of sp³-hybridized carbons (Fsp3) is 0.200. The molecule has 0 atom stereocenters. The molecule has 0 aliphatic heterocycles. The summed E-state index contributed by atoms with van der Waals surface area (Å²) in [4.78, 5) is 15.5. The van der Waals surface area contributed by atoms with Crippen LogP contribution in [0.1, 0.15) is 15.9 Å². The standard InChI is InChI=1S/C15H17FN4O3S/c1-9-7-13(20(2)24(3,22)23)12(8-11(9)16)19-15-10(14(17)21)5-4-6-18-15/h4-8H,1-3H3,(H2,17,21)(H,18,19). The van der Waals surface area contributed by atoms with Crippen LogP contribution in [0.2, 0.25) is 0 Å². The molecule has 1 aromatic carbocycles. The monoisotopic (exact) mass is 352 g/mol. The fourth-order valence-corrected chi connectivity index (χ4v) is 2.55. The van der Waals surface area contributed by atoms with E-state index in [0.29, 0.717) is 0 Å². The van der Waals surface area contributed by atoms with Gasteiger partial charge in [0.15, 0.2) is 0 Å². The maximum atomic E-state index is 14.0. The highest BCUT2D eigenvalue weighted by Gasteiger charge is 2.19. The summed E-state index contributed by atoms with van der Waals surface area (Å²) in [5, 5.41) is 2.79. The van der Waals surface area contributed by atoms with Crippen molar-refractivity contribution in [1.29, 1.82) is 0 Å². The molecule has 0 fully saturated rings. The van der Waals surface area contributed by atoms with Gasteiger partial charge in [0, 0.05) is 13.2 Å². The molecule has 0 saturated carbocycles. The van der Waals surface area contributed by atoms with Crippen LogP contribution in [0.5, 0.6) is 0 Å². The van der Waals surface area contributed by atoms with Gasteiger partial charge in [0.2, 0.25) is 10.0 Å². The predicted molar refractivity (Wildman–Crippen MR) is 90.4 cm³/mol. The average molecular weight is 352 g/mol. The predicted octanol–water partition coefficient (Wildman–Crippen LogP) is 1.77. The van der Waals surface area contributed by atoms with Gasteiger partial charge in [-0.05, 0) is 36.8 Å². The van der Waals surface area contributed by atoms with Crippen molar-refractivity contribution >= 4 is 33.1 Å². The molecule has 0 aliphatic carbocycles. The number of nitrogens with one attached hydrogen (secondary N) is 1. The summed E-state index contributed by atoms with van der Waals surface area (Å²) in [5.41, 5.74) is 6.04. The number of halogens is 1. The van der Waals surface area contributed by atoms with E-state index in [2.05, 4.69) is 10.3 Å². The first-order chi connectivity index (χ1) is 11.1. The number of carbonyl (C=O) groups excluding carboxylic acids is 1. The molecule has 24 heavy (non-hydrogen) atoms. The van der Waals surface area contributed by atoms with Crippen LogP contribution >= 0.6 is 0 Å². The number of aryl methyl sites for hydroxylation is 1. The molecule has 1 heterocycles. The number of pyridine rings is 1. The first-order valence-corrected chi connectivity index (χ1v) is 8.72. The number of nitrogens with two attached hydrogens (primary N) is 1. The van der Waals surface area contributed by atoms with Crippen molar-refractivity contribution in [2.45, 2.75) is 6.92 Å². The van der Waals surface area contributed by atoms with Gasteiger partial charge in [-0.1, -0.05) is 0 Å². The molecular formula is C15H17FN4O3S. The van der Waals surface area contributed by atoms with Gasteiger partial charge in [-0.2, -0.15) is 0 Å². The molecule has 1 aromatic heterocycles. The first-order valence-electron chi connectivity index (χ1n) is 6.87. The third kappa shape index (κ3) is 3.62. The Morgan fingerprint density at radius 3 is 2.62 bits per heavy atom. The van der Waals surface area contributed by atoms with Gasteiger partial charge in [-0.25, -0.2) is 17.8 Å². The van der Waals surface area contributed by atoms with E-state index in [1.54, 1.807) is 0 Å². The van der Waals surface area contributed by atoms with E-state index in [0.717, 1.165) is 16.6 Å². The molecule has 1 amide bonds. The number of sulfonamides is 1. The second kappa shape index (κ2) is 6.44. The zero-order chi connectivity index (χ0) is 18.1. The van der Waals surface area contributed by atoms with Gasteiger partial charge < -0.3 is 11.1 Å². The summed E-state index contributed by atoms with van der Waals surface area (Å²) in [6.45, 7) is 1.52. The molecular weight excluding hydrogens is 335 g/mol. The molecule has 0 spiro atoms. The Morgan fingerprint density at radius 1 is 1.38 bits per heavy atom. The van der Waals surface area contributed by atoms with E-state index < -0.39 is 21.7 Å². The molecule has 0 radical (unpaired) electrons. The highest BCUT2D eigenvalue weighted by atomic mass is 32.2. The fourth-order valence-electron chi connectivity index (χ4n) is 2.04. The van der Waals surface area contributed by atoms with Gasteiger partial charge >= 0.3 is 0 Å². The summed E-state index contributed by atoms with van der Waals surface area (Å²) in [6, 6.07) is 5.53. The van der Waals surface area contributed by atoms with Gasteiger partial charge in [-0.3, -0.25) is 9.10 Å². The Morgan fingerprint density at radius 2 is 2.04 bits per heavy atom. The number of aromatic nitrogens is 1. The van der Waals surface area contributed by atoms with E-state index in [1.807, 2.05) is 0 Å². The molecule has 0 saturated heterocycles. The molecule has 7 nitrogen and oxygen atoms in total. The summed E-state index contributed by atoms with van der Waals surface area (Å²) in [7, 11) is -2.22. The number of amides is 1. The highest BCUT2D eigenvalue weighted by Crippen LogP contribution is 2.32. The topological polar surface area (TPSA) is 105 Å². The molecule has 0 aliphatic rings. The van der Waals surface area contributed by atoms with Crippen LogP contribution in [0, 0.1) is 12.7 Å². The second-order valence-electron chi connectivity index (χ2n) is 5.24. The molecule has 3 N–H and O–H groups in total. The summed E-state index contributed by atoms with van der Waals surface area (Å²) in [5.74, 6) is -1.13. The van der Waals surface area contributed by atoms with Crippen LogP contribution in [0.25, 0.3) is 0 Å². The Bertz CT molecular complexity index is 900. The number of benzene rings is 1. The highest BCUT2D eigenvalue weighted by molar-refractivity contribution is 7.92. The maximum Gasteiger partial charge on any atom is 0.252 e. The third-order valence-electron chi connectivity index (χ3n) is 3.44. The Balaban J connectivity index is 2.59. The van der Waals surface area contributed by atoms with Crippen molar-refractivity contribution < 1.29 is 17.6 Å². The molecule has 9 heteroatoms. The van der Waals surface area contributed by atoms with Crippen molar-refractivity contribution in [3.05, 3.63) is 47.4 Å². The second-order valence-corrected chi connectivity index (χ2v) is 7.25. The lowest BCUT2D eigenvalue weighted by atomic mass is 10.1. The molecule has 2 aromatic rings. The molecule has 128 valence electrons. The zero-order valence-corrected chi connectivity index (χ0v) is 14.2. The summed E-state index contributed by atoms with van der Waals surface area (Å²) < 4.78 is 38.6. The van der Waals surface area contributed by atoms with Crippen molar-refractivity contribution in [2.24, 2.45) is 5.73 Å². The minimum atomic E-state index is -3.57. The van der Waals surface area contributed by atoms with E-state index in [4.69, 9.17) is 5.73 Å². The lowest BCUT2D eigenvalue weighted by Gasteiger charge is -2.22. The average Bonchev–Trinajstić information content (AvgIpc) is 2.49. The quantitative estimate of drug-likeness (QED) is 0.853. The number of carbonyl (C=O) groups is 1.